The van der Waals surface area contributed by atoms with Crippen LogP contribution in [0.15, 0.2) is 0 Å². The number of hydrogen-bond donors (Lipinski definition) is 1. The van der Waals surface area contributed by atoms with E-state index in [2.05, 4.69) is 13.8 Å². The summed E-state index contributed by atoms with van der Waals surface area (Å²) in [6.07, 6.45) is 2.61. The minimum Gasteiger partial charge on any atom is -0.457 e. The maximum atomic E-state index is 13.6. The van der Waals surface area contributed by atoms with Crippen LogP contribution in [-0.4, -0.2) is 64.9 Å². The highest BCUT2D eigenvalue weighted by molar-refractivity contribution is 7.90. The van der Waals surface area contributed by atoms with Crippen LogP contribution in [0.1, 0.15) is 79.1 Å². The summed E-state index contributed by atoms with van der Waals surface area (Å²) in [4.78, 5) is 25.3. The number of hydrogen-bond acceptors (Lipinski definition) is 7. The lowest BCUT2D eigenvalue weighted by molar-refractivity contribution is -0.187. The van der Waals surface area contributed by atoms with Crippen LogP contribution < -0.4 is 0 Å². The maximum Gasteiger partial charge on any atom is 0.306 e. The third-order valence-corrected chi connectivity index (χ3v) is 11.9. The van der Waals surface area contributed by atoms with Crippen molar-refractivity contribution < 1.29 is 32.6 Å². The Balaban J connectivity index is 1.41. The largest absolute Gasteiger partial charge is 0.457 e. The summed E-state index contributed by atoms with van der Waals surface area (Å²) >= 11 is 0. The SMILES string of the molecule is CC[C@@]1([C@H](O)C(=O)N2C3C[C@@H]4CC[C@@]3(CS2(=O)=O)C4(C)C)CC[C@H]([C@]2(C)CCC(=O)O2)O1. The lowest BCUT2D eigenvalue weighted by atomic mass is 9.69. The van der Waals surface area contributed by atoms with Crippen molar-refractivity contribution in [3.8, 4) is 0 Å². The second-order valence-electron chi connectivity index (χ2n) is 11.5. The summed E-state index contributed by atoms with van der Waals surface area (Å²) < 4.78 is 39.3. The Hall–Kier alpha value is -1.19. The van der Waals surface area contributed by atoms with Crippen molar-refractivity contribution in [1.82, 2.24) is 4.31 Å². The van der Waals surface area contributed by atoms with Gasteiger partial charge in [-0.1, -0.05) is 20.8 Å². The quantitative estimate of drug-likeness (QED) is 0.628. The average Bonchev–Trinajstić information content (AvgIpc) is 3.46. The van der Waals surface area contributed by atoms with E-state index in [0.29, 0.717) is 44.4 Å². The topological polar surface area (TPSA) is 110 Å². The zero-order chi connectivity index (χ0) is 23.3. The highest BCUT2D eigenvalue weighted by Crippen LogP contribution is 2.70. The van der Waals surface area contributed by atoms with Gasteiger partial charge in [0.2, 0.25) is 10.0 Å². The minimum absolute atomic E-state index is 0.0245. The first-order chi connectivity index (χ1) is 14.8. The van der Waals surface area contributed by atoms with Gasteiger partial charge in [0.15, 0.2) is 6.10 Å². The molecular formula is C23H35NO7S. The van der Waals surface area contributed by atoms with Crippen molar-refractivity contribution in [3.05, 3.63) is 0 Å². The Kier molecular flexibility index (Phi) is 4.72. The van der Waals surface area contributed by atoms with Gasteiger partial charge in [-0.3, -0.25) is 9.59 Å². The van der Waals surface area contributed by atoms with Crippen LogP contribution in [0.5, 0.6) is 0 Å². The molecule has 3 saturated heterocycles. The van der Waals surface area contributed by atoms with Crippen LogP contribution in [0.4, 0.5) is 0 Å². The van der Waals surface area contributed by atoms with Gasteiger partial charge in [-0.25, -0.2) is 12.7 Å². The number of carbonyl (C=O) groups excluding carboxylic acids is 2. The molecule has 5 rings (SSSR count). The molecule has 1 unspecified atom stereocenters. The molecule has 0 aromatic rings. The number of fused-ring (bicyclic) bond motifs is 1. The maximum absolute atomic E-state index is 13.6. The molecule has 3 aliphatic heterocycles. The van der Waals surface area contributed by atoms with Crippen molar-refractivity contribution in [2.45, 2.75) is 109 Å². The number of amides is 1. The van der Waals surface area contributed by atoms with E-state index in [4.69, 9.17) is 9.47 Å². The van der Waals surface area contributed by atoms with Crippen molar-refractivity contribution >= 4 is 21.9 Å². The van der Waals surface area contributed by atoms with E-state index in [1.165, 1.54) is 0 Å². The molecular weight excluding hydrogens is 434 g/mol. The van der Waals surface area contributed by atoms with Crippen molar-refractivity contribution in [3.63, 3.8) is 0 Å². The fourth-order valence-electron chi connectivity index (χ4n) is 7.72. The molecule has 2 aliphatic carbocycles. The van der Waals surface area contributed by atoms with Crippen LogP contribution in [0.2, 0.25) is 0 Å². The number of rotatable bonds is 4. The first-order valence-electron chi connectivity index (χ1n) is 12.0. The predicted octanol–water partition coefficient (Wildman–Crippen LogP) is 2.14. The Morgan fingerprint density at radius 3 is 2.53 bits per heavy atom. The third-order valence-electron chi connectivity index (χ3n) is 10.0. The third kappa shape index (κ3) is 2.70. The zero-order valence-corrected chi connectivity index (χ0v) is 20.2. The average molecular weight is 470 g/mol. The fraction of sp³-hybridized carbons (Fsp3) is 0.913. The summed E-state index contributed by atoms with van der Waals surface area (Å²) in [6, 6.07) is -0.386. The molecule has 1 N–H and O–H groups in total. The van der Waals surface area contributed by atoms with E-state index in [-0.39, 0.29) is 23.2 Å². The summed E-state index contributed by atoms with van der Waals surface area (Å²) in [7, 11) is -3.82. The van der Waals surface area contributed by atoms with E-state index >= 15 is 0 Å². The number of nitrogens with zero attached hydrogens (tertiary/aromatic N) is 1. The molecule has 180 valence electrons. The molecule has 32 heavy (non-hydrogen) atoms. The van der Waals surface area contributed by atoms with E-state index in [0.717, 1.165) is 17.1 Å². The molecule has 1 spiro atoms. The Morgan fingerprint density at radius 1 is 1.22 bits per heavy atom. The van der Waals surface area contributed by atoms with Crippen LogP contribution in [0.25, 0.3) is 0 Å². The number of carbonyl (C=O) groups is 2. The number of aliphatic hydroxyl groups excluding tert-OH is 1. The molecule has 5 aliphatic rings. The van der Waals surface area contributed by atoms with E-state index in [9.17, 15) is 23.1 Å². The van der Waals surface area contributed by atoms with E-state index < -0.39 is 44.8 Å². The number of cyclic esters (lactones) is 1. The second kappa shape index (κ2) is 6.69. The minimum atomic E-state index is -3.82. The Bertz CT molecular complexity index is 963. The summed E-state index contributed by atoms with van der Waals surface area (Å²) in [5.41, 5.74) is -2.55. The first kappa shape index (κ1) is 22.6. The number of esters is 1. The summed E-state index contributed by atoms with van der Waals surface area (Å²) in [6.45, 7) is 7.93. The van der Waals surface area contributed by atoms with E-state index in [1.54, 1.807) is 0 Å². The van der Waals surface area contributed by atoms with Crippen molar-refractivity contribution in [2.75, 3.05) is 5.75 Å². The molecule has 0 aromatic heterocycles. The molecule has 2 bridgehead atoms. The second-order valence-corrected chi connectivity index (χ2v) is 13.4. The van der Waals surface area contributed by atoms with Gasteiger partial charge in [0.25, 0.3) is 5.91 Å². The standard InChI is InChI=1S/C23H35NO7S/c1-5-23(11-7-16(30-23)21(4)9-8-17(25)31-21)18(26)19(27)24-15-12-14-6-10-22(15,20(14,2)3)13-32(24,28)29/h14-16,18,26H,5-13H2,1-4H3/t14-,15?,16+,18+,21-,22-,23-/m0/s1. The monoisotopic (exact) mass is 469 g/mol. The van der Waals surface area contributed by atoms with Gasteiger partial charge >= 0.3 is 5.97 Å². The molecule has 1 amide bonds. The summed E-state index contributed by atoms with van der Waals surface area (Å²) in [5, 5.41) is 11.3. The Morgan fingerprint density at radius 2 is 1.94 bits per heavy atom. The van der Waals surface area contributed by atoms with E-state index in [1.807, 2.05) is 13.8 Å². The highest BCUT2D eigenvalue weighted by atomic mass is 32.2. The van der Waals surface area contributed by atoms with Gasteiger partial charge in [-0.2, -0.15) is 0 Å². The van der Waals surface area contributed by atoms with Crippen LogP contribution in [0, 0.1) is 16.7 Å². The van der Waals surface area contributed by atoms with Gasteiger partial charge in [0.05, 0.1) is 17.9 Å². The van der Waals surface area contributed by atoms with Crippen LogP contribution in [-0.2, 0) is 29.1 Å². The molecule has 0 aromatic carbocycles. The number of ether oxygens (including phenoxy) is 2. The zero-order valence-electron chi connectivity index (χ0n) is 19.4. The molecule has 0 radical (unpaired) electrons. The molecule has 3 heterocycles. The summed E-state index contributed by atoms with van der Waals surface area (Å²) in [5.74, 6) is -0.663. The number of aliphatic hydroxyl groups is 1. The molecule has 8 nitrogen and oxygen atoms in total. The molecule has 7 atom stereocenters. The van der Waals surface area contributed by atoms with Crippen molar-refractivity contribution in [1.29, 1.82) is 0 Å². The fourth-order valence-corrected chi connectivity index (χ4v) is 10.3. The van der Waals surface area contributed by atoms with Gasteiger partial charge in [-0.05, 0) is 63.2 Å². The molecule has 5 fully saturated rings. The van der Waals surface area contributed by atoms with Crippen molar-refractivity contribution in [2.24, 2.45) is 16.7 Å². The van der Waals surface area contributed by atoms with Gasteiger partial charge in [0.1, 0.15) is 11.2 Å². The van der Waals surface area contributed by atoms with Gasteiger partial charge in [0, 0.05) is 11.8 Å². The molecule has 2 saturated carbocycles. The lowest BCUT2D eigenvalue weighted by Gasteiger charge is -2.39. The van der Waals surface area contributed by atoms with Crippen LogP contribution in [0.3, 0.4) is 0 Å². The van der Waals surface area contributed by atoms with Crippen LogP contribution >= 0.6 is 0 Å². The molecule has 9 heteroatoms. The van der Waals surface area contributed by atoms with Gasteiger partial charge in [-0.15, -0.1) is 0 Å². The smallest absolute Gasteiger partial charge is 0.306 e. The predicted molar refractivity (Wildman–Crippen MR) is 115 cm³/mol. The normalized spacial score (nSPS) is 47.0. The number of sulfonamides is 1. The first-order valence-corrected chi connectivity index (χ1v) is 13.6. The highest BCUT2D eigenvalue weighted by Gasteiger charge is 2.73. The van der Waals surface area contributed by atoms with Gasteiger partial charge < -0.3 is 14.6 Å². The Labute approximate surface area is 190 Å². The lowest BCUT2D eigenvalue weighted by Crippen LogP contribution is -2.56.